The van der Waals surface area contributed by atoms with Crippen LogP contribution in [0.1, 0.15) is 0 Å². The van der Waals surface area contributed by atoms with Crippen molar-refractivity contribution >= 4 is 59.8 Å². The average Bonchev–Trinajstić information content (AvgIpc) is 3.24. The van der Waals surface area contributed by atoms with Crippen LogP contribution in [-0.4, -0.2) is 25.6 Å². The molecule has 0 amide bonds. The van der Waals surface area contributed by atoms with Gasteiger partial charge in [-0.15, -0.1) is 11.3 Å². The fraction of sp³-hybridized carbons (Fsp3) is 0.0417. The summed E-state index contributed by atoms with van der Waals surface area (Å²) in [6.45, 7) is 0. The molecule has 33 heavy (non-hydrogen) atoms. The number of fused-ring (bicyclic) bond motifs is 2. The monoisotopic (exact) mass is 494 g/mol. The molecular weight excluding hydrogens is 476 g/mol. The smallest absolute Gasteiger partial charge is 0.265 e. The lowest BCUT2D eigenvalue weighted by Crippen LogP contribution is -2.14. The molecule has 166 valence electrons. The number of anilines is 1. The zero-order valence-electron chi connectivity index (χ0n) is 17.3. The Bertz CT molecular complexity index is 1560. The van der Waals surface area contributed by atoms with E-state index in [1.807, 2.05) is 24.3 Å². The first-order chi connectivity index (χ1) is 16.0. The van der Waals surface area contributed by atoms with Gasteiger partial charge in [0, 0.05) is 10.8 Å². The summed E-state index contributed by atoms with van der Waals surface area (Å²) in [7, 11) is -2.52. The van der Waals surface area contributed by atoms with Gasteiger partial charge in [0.05, 0.1) is 27.9 Å². The second-order valence-corrected chi connectivity index (χ2v) is 11.1. The standard InChI is InChI=1S/C24H18N2O4S3/c1-30-19-11-5-7-13-22(19)33(28,29)26-18-14-21(23(27)16-9-3-2-8-15(16)18)32-24-25-17-10-4-6-12-20(17)31-24/h2-14,26-27H,1H3. The molecule has 1 heterocycles. The van der Waals surface area contributed by atoms with Crippen molar-refractivity contribution in [3.8, 4) is 11.5 Å². The zero-order valence-corrected chi connectivity index (χ0v) is 19.8. The van der Waals surface area contributed by atoms with E-state index >= 15 is 0 Å². The van der Waals surface area contributed by atoms with Gasteiger partial charge in [-0.1, -0.05) is 60.3 Å². The number of aromatic nitrogens is 1. The number of aromatic hydroxyl groups is 1. The third-order valence-electron chi connectivity index (χ3n) is 5.06. The van der Waals surface area contributed by atoms with Crippen molar-refractivity contribution in [2.24, 2.45) is 0 Å². The molecule has 0 saturated carbocycles. The van der Waals surface area contributed by atoms with Crippen molar-refractivity contribution in [1.29, 1.82) is 0 Å². The van der Waals surface area contributed by atoms with Gasteiger partial charge in [0.2, 0.25) is 0 Å². The summed E-state index contributed by atoms with van der Waals surface area (Å²) in [5.74, 6) is 0.326. The van der Waals surface area contributed by atoms with E-state index in [0.29, 0.717) is 21.4 Å². The van der Waals surface area contributed by atoms with Gasteiger partial charge >= 0.3 is 0 Å². The fourth-order valence-electron chi connectivity index (χ4n) is 3.53. The highest BCUT2D eigenvalue weighted by atomic mass is 32.2. The molecule has 5 rings (SSSR count). The summed E-state index contributed by atoms with van der Waals surface area (Å²) in [6.07, 6.45) is 0. The second-order valence-electron chi connectivity index (χ2n) is 7.12. The van der Waals surface area contributed by atoms with Gasteiger partial charge in [-0.3, -0.25) is 4.72 Å². The Morgan fingerprint density at radius 2 is 1.67 bits per heavy atom. The van der Waals surface area contributed by atoms with Crippen molar-refractivity contribution in [2.75, 3.05) is 11.8 Å². The number of sulfonamides is 1. The fourth-order valence-corrected chi connectivity index (χ4v) is 6.89. The van der Waals surface area contributed by atoms with Crippen LogP contribution in [0.2, 0.25) is 0 Å². The summed E-state index contributed by atoms with van der Waals surface area (Å²) in [5.41, 5.74) is 1.24. The van der Waals surface area contributed by atoms with Crippen LogP contribution in [0, 0.1) is 0 Å². The highest BCUT2D eigenvalue weighted by molar-refractivity contribution is 8.01. The third kappa shape index (κ3) is 4.10. The Morgan fingerprint density at radius 1 is 0.970 bits per heavy atom. The first-order valence-corrected chi connectivity index (χ1v) is 13.0. The number of nitrogens with one attached hydrogen (secondary N) is 1. The minimum Gasteiger partial charge on any atom is -0.506 e. The molecular formula is C24H18N2O4S3. The summed E-state index contributed by atoms with van der Waals surface area (Å²) in [4.78, 5) is 5.16. The summed E-state index contributed by atoms with van der Waals surface area (Å²) in [6, 6.07) is 23.0. The quantitative estimate of drug-likeness (QED) is 0.277. The van der Waals surface area contributed by atoms with Crippen LogP contribution in [0.4, 0.5) is 5.69 Å². The molecule has 0 radical (unpaired) electrons. The number of ether oxygens (including phenoxy) is 1. The third-order valence-corrected chi connectivity index (χ3v) is 8.59. The molecule has 0 aliphatic rings. The van der Waals surface area contributed by atoms with Crippen LogP contribution in [0.3, 0.4) is 0 Å². The van der Waals surface area contributed by atoms with E-state index in [-0.39, 0.29) is 16.4 Å². The lowest BCUT2D eigenvalue weighted by atomic mass is 10.1. The normalized spacial score (nSPS) is 11.7. The number of para-hydroxylation sites is 2. The molecule has 0 spiro atoms. The number of thiazole rings is 1. The summed E-state index contributed by atoms with van der Waals surface area (Å²) in [5, 5.41) is 12.1. The van der Waals surface area contributed by atoms with Gasteiger partial charge in [-0.25, -0.2) is 13.4 Å². The van der Waals surface area contributed by atoms with Crippen LogP contribution < -0.4 is 9.46 Å². The predicted octanol–water partition coefficient (Wildman–Crippen LogP) is 6.12. The maximum absolute atomic E-state index is 13.2. The molecule has 0 bridgehead atoms. The minimum absolute atomic E-state index is 0.0324. The van der Waals surface area contributed by atoms with Crippen molar-refractivity contribution in [2.45, 2.75) is 14.1 Å². The van der Waals surface area contributed by atoms with Gasteiger partial charge in [-0.05, 0) is 30.3 Å². The minimum atomic E-state index is -3.95. The van der Waals surface area contributed by atoms with Crippen LogP contribution in [0.5, 0.6) is 11.5 Å². The summed E-state index contributed by atoms with van der Waals surface area (Å²) < 4.78 is 36.2. The number of rotatable bonds is 6. The molecule has 5 aromatic rings. The number of hydrogen-bond donors (Lipinski definition) is 2. The topological polar surface area (TPSA) is 88.5 Å². The van der Waals surface area contributed by atoms with Crippen molar-refractivity contribution < 1.29 is 18.3 Å². The average molecular weight is 495 g/mol. The molecule has 2 N–H and O–H groups in total. The Kier molecular flexibility index (Phi) is 5.61. The number of phenolic OH excluding ortho intramolecular Hbond substituents is 1. The van der Waals surface area contributed by atoms with Crippen LogP contribution >= 0.6 is 23.1 Å². The molecule has 0 aliphatic heterocycles. The SMILES string of the molecule is COc1ccccc1S(=O)(=O)Nc1cc(Sc2nc3ccccc3s2)c(O)c2ccccc12. The Labute approximate surface area is 198 Å². The molecule has 0 fully saturated rings. The van der Waals surface area contributed by atoms with E-state index in [4.69, 9.17) is 4.74 Å². The largest absolute Gasteiger partial charge is 0.506 e. The van der Waals surface area contributed by atoms with Crippen molar-refractivity contribution in [3.63, 3.8) is 0 Å². The molecule has 0 unspecified atom stereocenters. The molecule has 6 nitrogen and oxygen atoms in total. The number of methoxy groups -OCH3 is 1. The van der Waals surface area contributed by atoms with E-state index in [1.54, 1.807) is 48.5 Å². The Morgan fingerprint density at radius 3 is 2.45 bits per heavy atom. The molecule has 4 aromatic carbocycles. The Hall–Kier alpha value is -3.27. The lowest BCUT2D eigenvalue weighted by molar-refractivity contribution is 0.403. The second kappa shape index (κ2) is 8.58. The summed E-state index contributed by atoms with van der Waals surface area (Å²) >= 11 is 2.81. The van der Waals surface area contributed by atoms with Gasteiger partial charge in [-0.2, -0.15) is 0 Å². The van der Waals surface area contributed by atoms with E-state index in [2.05, 4.69) is 9.71 Å². The van der Waals surface area contributed by atoms with Crippen LogP contribution in [0.15, 0.2) is 93.0 Å². The highest BCUT2D eigenvalue weighted by Crippen LogP contribution is 2.44. The first-order valence-electron chi connectivity index (χ1n) is 9.90. The van der Waals surface area contributed by atoms with Crippen molar-refractivity contribution in [1.82, 2.24) is 4.98 Å². The highest BCUT2D eigenvalue weighted by Gasteiger charge is 2.22. The maximum Gasteiger partial charge on any atom is 0.265 e. The van der Waals surface area contributed by atoms with Crippen LogP contribution in [-0.2, 0) is 10.0 Å². The van der Waals surface area contributed by atoms with Crippen LogP contribution in [0.25, 0.3) is 21.0 Å². The van der Waals surface area contributed by atoms with Gasteiger partial charge in [0.1, 0.15) is 16.4 Å². The van der Waals surface area contributed by atoms with E-state index < -0.39 is 10.0 Å². The van der Waals surface area contributed by atoms with E-state index in [1.165, 1.54) is 36.3 Å². The number of hydrogen-bond acceptors (Lipinski definition) is 7. The van der Waals surface area contributed by atoms with Gasteiger partial charge < -0.3 is 9.84 Å². The molecule has 0 aliphatic carbocycles. The number of phenols is 1. The van der Waals surface area contributed by atoms with E-state index in [9.17, 15) is 13.5 Å². The maximum atomic E-state index is 13.2. The molecule has 1 aromatic heterocycles. The van der Waals surface area contributed by atoms with Crippen molar-refractivity contribution in [3.05, 3.63) is 78.9 Å². The predicted molar refractivity (Wildman–Crippen MR) is 133 cm³/mol. The Balaban J connectivity index is 1.60. The number of benzene rings is 4. The zero-order chi connectivity index (χ0) is 23.0. The lowest BCUT2D eigenvalue weighted by Gasteiger charge is -2.15. The molecule has 0 saturated heterocycles. The molecule has 9 heteroatoms. The van der Waals surface area contributed by atoms with Gasteiger partial charge in [0.25, 0.3) is 10.0 Å². The van der Waals surface area contributed by atoms with Gasteiger partial charge in [0.15, 0.2) is 4.34 Å². The number of nitrogens with zero attached hydrogens (tertiary/aromatic N) is 1. The first kappa shape index (κ1) is 21.6. The van der Waals surface area contributed by atoms with E-state index in [0.717, 1.165) is 14.6 Å². The molecule has 0 atom stereocenters.